The maximum absolute atomic E-state index is 10.9. The summed E-state index contributed by atoms with van der Waals surface area (Å²) in [7, 11) is 0. The number of aliphatic carboxylic acids is 1. The Morgan fingerprint density at radius 3 is 2.19 bits per heavy atom. The Hall–Kier alpha value is -0.850. The number of esters is 2. The van der Waals surface area contributed by atoms with E-state index in [0.717, 1.165) is 0 Å². The van der Waals surface area contributed by atoms with Gasteiger partial charge in [-0.3, -0.25) is 4.79 Å². The number of hydrogen-bond donors (Lipinski definition) is 0. The Bertz CT molecular complexity index is 284. The molecule has 6 nitrogen and oxygen atoms in total. The quantitative estimate of drug-likeness (QED) is 0.210. The van der Waals surface area contributed by atoms with Gasteiger partial charge in [0.1, 0.15) is 0 Å². The van der Waals surface area contributed by atoms with E-state index in [4.69, 9.17) is 0 Å². The second-order valence-electron chi connectivity index (χ2n) is 2.85. The van der Waals surface area contributed by atoms with Crippen molar-refractivity contribution in [1.82, 2.24) is 0 Å². The number of carboxylic acid groups (broad SMARTS) is 1. The van der Waals surface area contributed by atoms with Gasteiger partial charge in [-0.2, -0.15) is 0 Å². The van der Waals surface area contributed by atoms with Crippen molar-refractivity contribution in [2.45, 2.75) is 13.8 Å². The fraction of sp³-hybridized carbons (Fsp3) is 0.444. The van der Waals surface area contributed by atoms with Crippen LogP contribution in [0.3, 0.4) is 0 Å². The largest absolute Gasteiger partial charge is 1.00 e. The monoisotopic (exact) mass is 238 g/mol. The summed E-state index contributed by atoms with van der Waals surface area (Å²) < 4.78 is 8.86. The van der Waals surface area contributed by atoms with Crippen molar-refractivity contribution in [3.63, 3.8) is 0 Å². The predicted octanol–water partition coefficient (Wildman–Crippen LogP) is -4.00. The Balaban J connectivity index is 0. The standard InChI is InChI=1S/C9H12O6.Na/c1-6(2)9(13)15-5-14-8(12)4-3-7(10)11;/h3-4,6H,5H2,1-2H3,(H,10,11);/q;+1/p-1/b4-3+;. The van der Waals surface area contributed by atoms with Crippen LogP contribution in [0.1, 0.15) is 13.8 Å². The van der Waals surface area contributed by atoms with E-state index < -0.39 is 24.7 Å². The number of carbonyl (C=O) groups excluding carboxylic acids is 3. The molecular weight excluding hydrogens is 227 g/mol. The fourth-order valence-corrected chi connectivity index (χ4v) is 0.496. The second-order valence-corrected chi connectivity index (χ2v) is 2.85. The number of rotatable bonds is 5. The molecule has 0 aliphatic rings. The van der Waals surface area contributed by atoms with Crippen molar-refractivity contribution in [1.29, 1.82) is 0 Å². The summed E-state index contributed by atoms with van der Waals surface area (Å²) in [6.07, 6.45) is 1.19. The predicted molar refractivity (Wildman–Crippen MR) is 46.0 cm³/mol. The summed E-state index contributed by atoms with van der Waals surface area (Å²) in [5, 5.41) is 9.88. The molecule has 16 heavy (non-hydrogen) atoms. The van der Waals surface area contributed by atoms with Gasteiger partial charge in [0.15, 0.2) is 0 Å². The van der Waals surface area contributed by atoms with Gasteiger partial charge in [-0.1, -0.05) is 13.8 Å². The zero-order valence-electron chi connectivity index (χ0n) is 9.39. The maximum Gasteiger partial charge on any atom is 1.00 e. The maximum atomic E-state index is 10.9. The van der Waals surface area contributed by atoms with Gasteiger partial charge in [-0.25, -0.2) is 4.79 Å². The van der Waals surface area contributed by atoms with Crippen molar-refractivity contribution in [2.24, 2.45) is 5.92 Å². The third kappa shape index (κ3) is 9.70. The summed E-state index contributed by atoms with van der Waals surface area (Å²) in [5.41, 5.74) is 0. The van der Waals surface area contributed by atoms with E-state index >= 15 is 0 Å². The molecule has 0 N–H and O–H groups in total. The van der Waals surface area contributed by atoms with Gasteiger partial charge in [0.05, 0.1) is 11.9 Å². The first kappa shape index (κ1) is 17.5. The second kappa shape index (κ2) is 9.38. The number of carboxylic acids is 1. The Morgan fingerprint density at radius 2 is 1.75 bits per heavy atom. The van der Waals surface area contributed by atoms with E-state index in [0.29, 0.717) is 12.2 Å². The summed E-state index contributed by atoms with van der Waals surface area (Å²) in [6.45, 7) is 2.72. The van der Waals surface area contributed by atoms with Crippen molar-refractivity contribution >= 4 is 17.9 Å². The zero-order chi connectivity index (χ0) is 11.8. The molecule has 0 aliphatic heterocycles. The number of carbonyl (C=O) groups is 3. The summed E-state index contributed by atoms with van der Waals surface area (Å²) >= 11 is 0. The van der Waals surface area contributed by atoms with E-state index in [1.165, 1.54) is 0 Å². The molecule has 0 unspecified atom stereocenters. The SMILES string of the molecule is CC(C)C(=O)OCOC(=O)/C=C/C(=O)[O-].[Na+]. The van der Waals surface area contributed by atoms with E-state index in [2.05, 4.69) is 9.47 Å². The van der Waals surface area contributed by atoms with Gasteiger partial charge in [-0.15, -0.1) is 0 Å². The van der Waals surface area contributed by atoms with Crippen molar-refractivity contribution in [3.8, 4) is 0 Å². The average molecular weight is 238 g/mol. The zero-order valence-corrected chi connectivity index (χ0v) is 11.4. The third-order valence-electron chi connectivity index (χ3n) is 1.23. The molecule has 0 spiro atoms. The van der Waals surface area contributed by atoms with E-state index in [9.17, 15) is 19.5 Å². The molecule has 7 heteroatoms. The Morgan fingerprint density at radius 1 is 1.19 bits per heavy atom. The molecule has 0 aliphatic carbocycles. The smallest absolute Gasteiger partial charge is 0.545 e. The van der Waals surface area contributed by atoms with Crippen LogP contribution in [0.15, 0.2) is 12.2 Å². The third-order valence-corrected chi connectivity index (χ3v) is 1.23. The fourth-order valence-electron chi connectivity index (χ4n) is 0.496. The summed E-state index contributed by atoms with van der Waals surface area (Å²) in [5.74, 6) is -3.25. The van der Waals surface area contributed by atoms with Crippen LogP contribution in [0, 0.1) is 5.92 Å². The number of ether oxygens (including phenoxy) is 2. The molecule has 0 amide bonds. The van der Waals surface area contributed by atoms with Gasteiger partial charge in [0, 0.05) is 6.08 Å². The van der Waals surface area contributed by atoms with Crippen molar-refractivity contribution < 1.29 is 58.5 Å². The molecule has 0 aromatic heterocycles. The van der Waals surface area contributed by atoms with Crippen molar-refractivity contribution in [3.05, 3.63) is 12.2 Å². The van der Waals surface area contributed by atoms with E-state index in [1.807, 2.05) is 0 Å². The van der Waals surface area contributed by atoms with Crippen LogP contribution in [0.2, 0.25) is 0 Å². The van der Waals surface area contributed by atoms with Crippen LogP contribution in [0.25, 0.3) is 0 Å². The van der Waals surface area contributed by atoms with Gasteiger partial charge in [0.2, 0.25) is 6.79 Å². The molecule has 0 saturated carbocycles. The van der Waals surface area contributed by atoms with Gasteiger partial charge in [-0.05, 0) is 6.08 Å². The Kier molecular flexibility index (Phi) is 10.3. The van der Waals surface area contributed by atoms with Gasteiger partial charge < -0.3 is 19.4 Å². The minimum atomic E-state index is -1.51. The van der Waals surface area contributed by atoms with Crippen molar-refractivity contribution in [2.75, 3.05) is 6.79 Å². The molecule has 0 saturated heterocycles. The summed E-state index contributed by atoms with van der Waals surface area (Å²) in [6, 6.07) is 0. The molecule has 0 aromatic rings. The molecule has 0 atom stereocenters. The molecule has 84 valence electrons. The molecule has 0 rings (SSSR count). The number of hydrogen-bond acceptors (Lipinski definition) is 6. The first-order chi connectivity index (χ1) is 6.93. The minimum absolute atomic E-state index is 0. The van der Waals surface area contributed by atoms with Crippen LogP contribution in [0.5, 0.6) is 0 Å². The first-order valence-electron chi connectivity index (χ1n) is 4.16. The normalized spacial score (nSPS) is 9.69. The molecular formula is C9H11NaO6. The molecule has 0 radical (unpaired) electrons. The molecule has 0 bridgehead atoms. The van der Waals surface area contributed by atoms with Crippen LogP contribution in [-0.4, -0.2) is 24.7 Å². The van der Waals surface area contributed by atoms with E-state index in [-0.39, 0.29) is 35.5 Å². The first-order valence-corrected chi connectivity index (χ1v) is 4.16. The van der Waals surface area contributed by atoms with Gasteiger partial charge >= 0.3 is 41.5 Å². The van der Waals surface area contributed by atoms with Crippen LogP contribution < -0.4 is 34.7 Å². The van der Waals surface area contributed by atoms with Gasteiger partial charge in [0.25, 0.3) is 0 Å². The average Bonchev–Trinajstić information content (AvgIpc) is 2.14. The molecule has 0 fully saturated rings. The molecule has 0 heterocycles. The topological polar surface area (TPSA) is 92.7 Å². The van der Waals surface area contributed by atoms with Crippen LogP contribution in [-0.2, 0) is 23.9 Å². The minimum Gasteiger partial charge on any atom is -0.545 e. The molecule has 0 aromatic carbocycles. The van der Waals surface area contributed by atoms with E-state index in [1.54, 1.807) is 13.8 Å². The summed E-state index contributed by atoms with van der Waals surface area (Å²) in [4.78, 5) is 31.4. The van der Waals surface area contributed by atoms with Crippen LogP contribution in [0.4, 0.5) is 0 Å². The van der Waals surface area contributed by atoms with Crippen LogP contribution >= 0.6 is 0 Å². The Labute approximate surface area is 115 Å².